The minimum atomic E-state index is -0.0784. The summed E-state index contributed by atoms with van der Waals surface area (Å²) in [6.45, 7) is 4.65. The van der Waals surface area contributed by atoms with Crippen LogP contribution in [0.25, 0.3) is 76.6 Å². The molecular formula is C45H36N12O3S2. The first-order valence-corrected chi connectivity index (χ1v) is 21.5. The van der Waals surface area contributed by atoms with E-state index in [2.05, 4.69) is 30.1 Å². The van der Waals surface area contributed by atoms with Gasteiger partial charge in [-0.25, -0.2) is 34.6 Å². The Morgan fingerprint density at radius 3 is 1.81 bits per heavy atom. The number of aldehydes is 2. The molecule has 1 atom stereocenters. The Balaban J connectivity index is 0.000000151. The average Bonchev–Trinajstić information content (AvgIpc) is 4.19. The van der Waals surface area contributed by atoms with Gasteiger partial charge in [-0.2, -0.15) is 5.10 Å². The normalized spacial score (nSPS) is 13.9. The number of nitrogens with zero attached hydrogens (tertiary/aromatic N) is 11. The number of benzene rings is 2. The zero-order valence-electron chi connectivity index (χ0n) is 33.4. The summed E-state index contributed by atoms with van der Waals surface area (Å²) in [5.41, 5.74) is 9.78. The SMILES string of the molecule is Cc1nc2ccc(C=O)cn2c1-c1nc(-c2ccccc2)c(-c2ncn(C3CCCCO3)n2)s1.Cc1nc2ccc(C=O)cn2c1-c1nc(-c2ccccc2)c(-c2ncn[nH]2)s1. The molecule has 62 heavy (non-hydrogen) atoms. The maximum absolute atomic E-state index is 11.4. The second-order valence-corrected chi connectivity index (χ2v) is 16.5. The van der Waals surface area contributed by atoms with E-state index in [-0.39, 0.29) is 6.23 Å². The van der Waals surface area contributed by atoms with Crippen LogP contribution in [0.2, 0.25) is 0 Å². The third kappa shape index (κ3) is 7.31. The highest BCUT2D eigenvalue weighted by Crippen LogP contribution is 2.42. The van der Waals surface area contributed by atoms with E-state index >= 15 is 0 Å². The Bertz CT molecular complexity index is 3200. The Morgan fingerprint density at radius 1 is 0.694 bits per heavy atom. The average molecular weight is 857 g/mol. The zero-order valence-corrected chi connectivity index (χ0v) is 35.0. The van der Waals surface area contributed by atoms with Crippen molar-refractivity contribution in [1.29, 1.82) is 0 Å². The van der Waals surface area contributed by atoms with Crippen molar-refractivity contribution in [1.82, 2.24) is 58.7 Å². The number of imidazole rings is 2. The summed E-state index contributed by atoms with van der Waals surface area (Å²) in [5, 5.41) is 13.3. The van der Waals surface area contributed by atoms with Gasteiger partial charge >= 0.3 is 0 Å². The van der Waals surface area contributed by atoms with Gasteiger partial charge in [0.05, 0.1) is 27.7 Å². The number of aromatic amines is 1. The summed E-state index contributed by atoms with van der Waals surface area (Å²) in [5.74, 6) is 1.29. The number of aromatic nitrogens is 12. The van der Waals surface area contributed by atoms with Crippen molar-refractivity contribution < 1.29 is 14.3 Å². The number of carbonyl (C=O) groups excluding carboxylic acids is 2. The van der Waals surface area contributed by atoms with Gasteiger partial charge in [-0.3, -0.25) is 23.5 Å². The first-order valence-electron chi connectivity index (χ1n) is 19.9. The first kappa shape index (κ1) is 38.8. The van der Waals surface area contributed by atoms with Crippen LogP contribution in [0.4, 0.5) is 0 Å². The molecule has 15 nitrogen and oxygen atoms in total. The number of aryl methyl sites for hydroxylation is 2. The van der Waals surface area contributed by atoms with Crippen LogP contribution in [0.1, 0.15) is 57.6 Å². The number of hydrogen-bond acceptors (Lipinski definition) is 13. The lowest BCUT2D eigenvalue weighted by Crippen LogP contribution is -2.18. The van der Waals surface area contributed by atoms with Crippen LogP contribution in [0.3, 0.4) is 0 Å². The third-order valence-electron chi connectivity index (χ3n) is 10.4. The van der Waals surface area contributed by atoms with Crippen molar-refractivity contribution in [2.75, 3.05) is 6.61 Å². The van der Waals surface area contributed by atoms with Gasteiger partial charge in [0, 0.05) is 41.3 Å². The van der Waals surface area contributed by atoms with Gasteiger partial charge in [0.2, 0.25) is 0 Å². The second kappa shape index (κ2) is 16.6. The molecule has 0 aliphatic carbocycles. The van der Waals surface area contributed by atoms with E-state index in [4.69, 9.17) is 19.8 Å². The Hall–Kier alpha value is -7.34. The van der Waals surface area contributed by atoms with Crippen LogP contribution in [0.5, 0.6) is 0 Å². The lowest BCUT2D eigenvalue weighted by atomic mass is 10.1. The fraction of sp³-hybridized carbons (Fsp3) is 0.156. The van der Waals surface area contributed by atoms with Crippen molar-refractivity contribution in [2.45, 2.75) is 39.3 Å². The summed E-state index contributed by atoms with van der Waals surface area (Å²) in [6.07, 6.45) is 11.5. The topological polar surface area (TPSA) is 176 Å². The van der Waals surface area contributed by atoms with Gasteiger partial charge in [0.1, 0.15) is 50.2 Å². The number of thiazole rings is 2. The zero-order chi connectivity index (χ0) is 42.2. The fourth-order valence-electron chi connectivity index (χ4n) is 7.52. The van der Waals surface area contributed by atoms with E-state index in [1.807, 2.05) is 100 Å². The van der Waals surface area contributed by atoms with Crippen molar-refractivity contribution in [2.24, 2.45) is 0 Å². The summed E-state index contributed by atoms with van der Waals surface area (Å²) in [7, 11) is 0. The molecule has 0 saturated carbocycles. The van der Waals surface area contributed by atoms with Crippen molar-refractivity contribution in [3.05, 3.63) is 132 Å². The quantitative estimate of drug-likeness (QED) is 0.137. The van der Waals surface area contributed by atoms with Crippen molar-refractivity contribution in [3.63, 3.8) is 0 Å². The van der Waals surface area contributed by atoms with Crippen molar-refractivity contribution in [3.8, 4) is 65.3 Å². The highest BCUT2D eigenvalue weighted by Gasteiger charge is 2.25. The molecule has 10 aromatic rings. The van der Waals surface area contributed by atoms with Crippen LogP contribution in [-0.4, -0.2) is 77.9 Å². The monoisotopic (exact) mass is 856 g/mol. The van der Waals surface area contributed by atoms with E-state index in [9.17, 15) is 9.59 Å². The molecule has 1 unspecified atom stereocenters. The lowest BCUT2D eigenvalue weighted by Gasteiger charge is -2.21. The predicted octanol–water partition coefficient (Wildman–Crippen LogP) is 9.23. The number of rotatable bonds is 9. The molecule has 1 aliphatic rings. The summed E-state index contributed by atoms with van der Waals surface area (Å²) in [6, 6.07) is 27.2. The molecular weight excluding hydrogens is 821 g/mol. The lowest BCUT2D eigenvalue weighted by molar-refractivity contribution is -0.0395. The number of pyridine rings is 2. The van der Waals surface area contributed by atoms with Gasteiger partial charge < -0.3 is 4.74 Å². The van der Waals surface area contributed by atoms with Gasteiger partial charge in [0.25, 0.3) is 0 Å². The second-order valence-electron chi connectivity index (χ2n) is 14.5. The summed E-state index contributed by atoms with van der Waals surface area (Å²) >= 11 is 3.05. The number of H-pyrrole nitrogens is 1. The van der Waals surface area contributed by atoms with Crippen LogP contribution >= 0.6 is 22.7 Å². The van der Waals surface area contributed by atoms with Crippen LogP contribution in [0.15, 0.2) is 110 Å². The van der Waals surface area contributed by atoms with E-state index < -0.39 is 0 Å². The smallest absolute Gasteiger partial charge is 0.193 e. The number of ether oxygens (including phenoxy) is 1. The van der Waals surface area contributed by atoms with E-state index in [1.54, 1.807) is 30.9 Å². The standard InChI is InChI=1S/C25H22N6O2S.C20H14N6OS/c1-16-22(30-13-17(14-32)10-11-19(30)27-16)25-28-21(18-7-3-2-4-8-18)23(34-25)24-26-15-31(29-24)20-9-5-6-12-33-20;1-12-17(26-9-13(10-27)7-8-15(26)23-12)20-24-16(14-5-3-2-4-6-14)18(28-20)19-21-11-22-25-19/h2-4,7-8,10-11,13-15,20H,5-6,9,12H2,1H3;2-11H,1H3,(H,21,22,25). The molecule has 306 valence electrons. The minimum absolute atomic E-state index is 0.0784. The largest absolute Gasteiger partial charge is 0.356 e. The molecule has 17 heteroatoms. The predicted molar refractivity (Wildman–Crippen MR) is 237 cm³/mol. The Kier molecular flexibility index (Phi) is 10.4. The van der Waals surface area contributed by atoms with Gasteiger partial charge in [0.15, 0.2) is 30.4 Å². The molecule has 0 amide bonds. The molecule has 0 radical (unpaired) electrons. The molecule has 1 saturated heterocycles. The summed E-state index contributed by atoms with van der Waals surface area (Å²) < 4.78 is 11.5. The number of fused-ring (bicyclic) bond motifs is 2. The van der Waals surface area contributed by atoms with E-state index in [1.165, 1.54) is 29.0 Å². The summed E-state index contributed by atoms with van der Waals surface area (Å²) in [4.78, 5) is 52.6. The Labute approximate surface area is 361 Å². The van der Waals surface area contributed by atoms with Crippen LogP contribution in [0, 0.1) is 13.8 Å². The molecule has 0 bridgehead atoms. The highest BCUT2D eigenvalue weighted by atomic mass is 32.1. The number of carbonyl (C=O) groups is 2. The van der Waals surface area contributed by atoms with Gasteiger partial charge in [-0.15, -0.1) is 27.8 Å². The molecule has 8 aromatic heterocycles. The molecule has 1 fully saturated rings. The van der Waals surface area contributed by atoms with Crippen LogP contribution in [-0.2, 0) is 4.74 Å². The van der Waals surface area contributed by atoms with Gasteiger partial charge in [-0.1, -0.05) is 60.7 Å². The molecule has 0 spiro atoms. The highest BCUT2D eigenvalue weighted by molar-refractivity contribution is 7.19. The van der Waals surface area contributed by atoms with Crippen LogP contribution < -0.4 is 0 Å². The number of hydrogen-bond donors (Lipinski definition) is 1. The first-order chi connectivity index (χ1) is 30.4. The molecule has 1 aliphatic heterocycles. The van der Waals surface area contributed by atoms with E-state index in [0.717, 1.165) is 115 Å². The van der Waals surface area contributed by atoms with Crippen molar-refractivity contribution >= 4 is 46.5 Å². The Morgan fingerprint density at radius 2 is 1.27 bits per heavy atom. The maximum Gasteiger partial charge on any atom is 0.193 e. The van der Waals surface area contributed by atoms with Gasteiger partial charge in [-0.05, 0) is 57.4 Å². The number of nitrogens with one attached hydrogen (secondary N) is 1. The molecule has 2 aromatic carbocycles. The molecule has 9 heterocycles. The maximum atomic E-state index is 11.4. The molecule has 11 rings (SSSR count). The fourth-order valence-corrected chi connectivity index (χ4v) is 9.76. The third-order valence-corrected chi connectivity index (χ3v) is 12.6. The van der Waals surface area contributed by atoms with E-state index in [0.29, 0.717) is 22.8 Å². The molecule has 1 N–H and O–H groups in total. The minimum Gasteiger partial charge on any atom is -0.356 e.